The Kier molecular flexibility index (Phi) is 5.76. The van der Waals surface area contributed by atoms with Crippen molar-refractivity contribution >= 4 is 17.2 Å². The van der Waals surface area contributed by atoms with Crippen molar-refractivity contribution in [3.63, 3.8) is 0 Å². The number of amides is 1. The second kappa shape index (κ2) is 7.57. The fourth-order valence-electron chi connectivity index (χ4n) is 2.24. The van der Waals surface area contributed by atoms with E-state index in [1.807, 2.05) is 18.4 Å². The lowest BCUT2D eigenvalue weighted by Gasteiger charge is -2.35. The van der Waals surface area contributed by atoms with E-state index in [1.54, 1.807) is 4.90 Å². The van der Waals surface area contributed by atoms with Crippen LogP contribution in [0.2, 0.25) is 0 Å². The Morgan fingerprint density at radius 1 is 1.52 bits per heavy atom. The molecule has 0 saturated carbocycles. The lowest BCUT2D eigenvalue weighted by atomic mass is 10.2. The van der Waals surface area contributed by atoms with Gasteiger partial charge >= 0.3 is 0 Å². The molecule has 0 aromatic carbocycles. The Morgan fingerprint density at radius 2 is 2.33 bits per heavy atom. The van der Waals surface area contributed by atoms with Crippen LogP contribution in [0.15, 0.2) is 11.4 Å². The van der Waals surface area contributed by atoms with E-state index in [2.05, 4.69) is 11.8 Å². The van der Waals surface area contributed by atoms with E-state index in [1.165, 1.54) is 11.3 Å². The van der Waals surface area contributed by atoms with Crippen molar-refractivity contribution in [1.82, 2.24) is 4.90 Å². The van der Waals surface area contributed by atoms with E-state index in [4.69, 9.17) is 9.84 Å². The average Bonchev–Trinajstić information content (AvgIpc) is 2.94. The first-order chi connectivity index (χ1) is 10.2. The van der Waals surface area contributed by atoms with Crippen molar-refractivity contribution < 1.29 is 19.7 Å². The van der Waals surface area contributed by atoms with Gasteiger partial charge in [0.15, 0.2) is 0 Å². The number of rotatable bonds is 3. The fraction of sp³-hybridized carbons (Fsp3) is 0.533. The van der Waals surface area contributed by atoms with Gasteiger partial charge in [-0.1, -0.05) is 11.8 Å². The molecule has 1 aliphatic heterocycles. The smallest absolute Gasteiger partial charge is 0.265 e. The number of aliphatic hydroxyl groups excluding tert-OH is 2. The summed E-state index contributed by atoms with van der Waals surface area (Å²) in [6.07, 6.45) is -0.0321. The Balaban J connectivity index is 2.13. The van der Waals surface area contributed by atoms with Crippen LogP contribution in [0.1, 0.15) is 28.6 Å². The molecule has 2 heterocycles. The minimum absolute atomic E-state index is 0.0135. The molecule has 2 unspecified atom stereocenters. The van der Waals surface area contributed by atoms with Crippen LogP contribution >= 0.6 is 11.3 Å². The van der Waals surface area contributed by atoms with Crippen LogP contribution in [0.25, 0.3) is 0 Å². The predicted molar refractivity (Wildman–Crippen MR) is 80.2 cm³/mol. The van der Waals surface area contributed by atoms with Gasteiger partial charge < -0.3 is 19.8 Å². The molecule has 1 aromatic heterocycles. The van der Waals surface area contributed by atoms with E-state index in [0.717, 1.165) is 0 Å². The van der Waals surface area contributed by atoms with Gasteiger partial charge in [-0.25, -0.2) is 0 Å². The lowest BCUT2D eigenvalue weighted by molar-refractivity contribution is -0.0857. The Hall–Kier alpha value is -1.39. The molecule has 2 N–H and O–H groups in total. The first kappa shape index (κ1) is 16.0. The molecule has 1 aromatic rings. The minimum Gasteiger partial charge on any atom is -0.395 e. The van der Waals surface area contributed by atoms with Crippen LogP contribution in [-0.2, 0) is 4.74 Å². The third-order valence-electron chi connectivity index (χ3n) is 3.14. The zero-order valence-electron chi connectivity index (χ0n) is 11.9. The van der Waals surface area contributed by atoms with Crippen molar-refractivity contribution in [3.8, 4) is 11.8 Å². The number of hydrogen-bond donors (Lipinski definition) is 2. The minimum atomic E-state index is -0.332. The monoisotopic (exact) mass is 309 g/mol. The summed E-state index contributed by atoms with van der Waals surface area (Å²) < 4.78 is 5.55. The number of morpholine rings is 1. The quantitative estimate of drug-likeness (QED) is 0.807. The molecule has 0 bridgehead atoms. The van der Waals surface area contributed by atoms with Gasteiger partial charge in [-0.3, -0.25) is 4.79 Å². The highest BCUT2D eigenvalue weighted by Gasteiger charge is 2.29. The molecule has 1 amide bonds. The molecule has 1 fully saturated rings. The molecule has 114 valence electrons. The lowest BCUT2D eigenvalue weighted by Crippen LogP contribution is -2.50. The van der Waals surface area contributed by atoms with Crippen molar-refractivity contribution in [2.45, 2.75) is 25.6 Å². The van der Waals surface area contributed by atoms with Gasteiger partial charge in [-0.2, -0.15) is 0 Å². The van der Waals surface area contributed by atoms with Crippen molar-refractivity contribution in [2.24, 2.45) is 0 Å². The standard InChI is InChI=1S/C15H19NO4S/c1-11-8-16(9-13(10-18)20-11)15(19)14-12(5-7-21-14)4-2-3-6-17/h5,7,11,13,17-18H,3,6,8-10H2,1H3. The normalized spacial score (nSPS) is 21.8. The molecule has 5 nitrogen and oxygen atoms in total. The highest BCUT2D eigenvalue weighted by molar-refractivity contribution is 7.12. The molecule has 1 saturated heterocycles. The van der Waals surface area contributed by atoms with Gasteiger partial charge in [0.25, 0.3) is 5.91 Å². The first-order valence-electron chi connectivity index (χ1n) is 6.88. The highest BCUT2D eigenvalue weighted by atomic mass is 32.1. The molecule has 2 rings (SSSR count). The maximum absolute atomic E-state index is 12.6. The number of carbonyl (C=O) groups excluding carboxylic acids is 1. The second-order valence-corrected chi connectivity index (χ2v) is 5.82. The van der Waals surface area contributed by atoms with Crippen LogP contribution in [-0.4, -0.2) is 59.5 Å². The fourth-order valence-corrected chi connectivity index (χ4v) is 3.06. The Labute approximate surface area is 128 Å². The molecule has 2 atom stereocenters. The van der Waals surface area contributed by atoms with Crippen LogP contribution in [0.4, 0.5) is 0 Å². The van der Waals surface area contributed by atoms with Gasteiger partial charge in [0, 0.05) is 25.1 Å². The number of carbonyl (C=O) groups is 1. The maximum atomic E-state index is 12.6. The van der Waals surface area contributed by atoms with Crippen LogP contribution in [0.5, 0.6) is 0 Å². The molecule has 1 aliphatic rings. The molecule has 0 spiro atoms. The first-order valence-corrected chi connectivity index (χ1v) is 7.76. The summed E-state index contributed by atoms with van der Waals surface area (Å²) in [7, 11) is 0. The number of aliphatic hydroxyl groups is 2. The summed E-state index contributed by atoms with van der Waals surface area (Å²) >= 11 is 1.36. The van der Waals surface area contributed by atoms with E-state index in [-0.39, 0.29) is 31.3 Å². The number of nitrogens with zero attached hydrogens (tertiary/aromatic N) is 1. The zero-order valence-corrected chi connectivity index (χ0v) is 12.7. The molecular weight excluding hydrogens is 290 g/mol. The van der Waals surface area contributed by atoms with Crippen molar-refractivity contribution in [1.29, 1.82) is 0 Å². The van der Waals surface area contributed by atoms with E-state index in [0.29, 0.717) is 30.0 Å². The third-order valence-corrected chi connectivity index (χ3v) is 4.04. The second-order valence-electron chi connectivity index (χ2n) is 4.90. The van der Waals surface area contributed by atoms with E-state index in [9.17, 15) is 9.90 Å². The van der Waals surface area contributed by atoms with Gasteiger partial charge in [0.05, 0.1) is 25.4 Å². The maximum Gasteiger partial charge on any atom is 0.265 e. The van der Waals surface area contributed by atoms with E-state index < -0.39 is 0 Å². The topological polar surface area (TPSA) is 70.0 Å². The summed E-state index contributed by atoms with van der Waals surface area (Å²) in [4.78, 5) is 14.9. The SMILES string of the molecule is CC1CN(C(=O)c2sccc2C#CCCO)CC(CO)O1. The number of thiophene rings is 1. The summed E-state index contributed by atoms with van der Waals surface area (Å²) in [5, 5.41) is 19.8. The van der Waals surface area contributed by atoms with Gasteiger partial charge in [-0.15, -0.1) is 11.3 Å². The van der Waals surface area contributed by atoms with Gasteiger partial charge in [-0.05, 0) is 18.4 Å². The summed E-state index contributed by atoms with van der Waals surface area (Å²) in [6, 6.07) is 1.82. The molecule has 0 aliphatic carbocycles. The zero-order chi connectivity index (χ0) is 15.2. The van der Waals surface area contributed by atoms with Gasteiger partial charge in [0.1, 0.15) is 4.88 Å². The summed E-state index contributed by atoms with van der Waals surface area (Å²) in [5.74, 6) is 5.68. The van der Waals surface area contributed by atoms with E-state index >= 15 is 0 Å². The Morgan fingerprint density at radius 3 is 3.05 bits per heavy atom. The molecule has 21 heavy (non-hydrogen) atoms. The van der Waals surface area contributed by atoms with Crippen molar-refractivity contribution in [3.05, 3.63) is 21.9 Å². The average molecular weight is 309 g/mol. The van der Waals surface area contributed by atoms with Crippen LogP contribution in [0.3, 0.4) is 0 Å². The molecular formula is C15H19NO4S. The molecule has 6 heteroatoms. The molecule has 0 radical (unpaired) electrons. The Bertz CT molecular complexity index is 545. The van der Waals surface area contributed by atoms with Crippen LogP contribution in [0, 0.1) is 11.8 Å². The third kappa shape index (κ3) is 4.05. The van der Waals surface area contributed by atoms with Crippen molar-refractivity contribution in [2.75, 3.05) is 26.3 Å². The largest absolute Gasteiger partial charge is 0.395 e. The van der Waals surface area contributed by atoms with Gasteiger partial charge in [0.2, 0.25) is 0 Å². The highest BCUT2D eigenvalue weighted by Crippen LogP contribution is 2.21. The number of ether oxygens (including phenoxy) is 1. The summed E-state index contributed by atoms with van der Waals surface area (Å²) in [6.45, 7) is 2.71. The van der Waals surface area contributed by atoms with Crippen LogP contribution < -0.4 is 0 Å². The summed E-state index contributed by atoms with van der Waals surface area (Å²) in [5.41, 5.74) is 0.693. The number of hydrogen-bond acceptors (Lipinski definition) is 5. The predicted octanol–water partition coefficient (Wildman–Crippen LogP) is 0.704.